The maximum absolute atomic E-state index is 13.4. The molecule has 0 radical (unpaired) electrons. The first-order valence-electron chi connectivity index (χ1n) is 5.97. The van der Waals surface area contributed by atoms with Gasteiger partial charge < -0.3 is 11.1 Å². The average molecular weight is 303 g/mol. The molecule has 6 nitrogen and oxygen atoms in total. The summed E-state index contributed by atoms with van der Waals surface area (Å²) in [6, 6.07) is 2.83. The van der Waals surface area contributed by atoms with Crippen molar-refractivity contribution in [2.75, 3.05) is 0 Å². The SMILES string of the molecule is CCC(N)C(=O)NNC(=O)NCc1c(F)cccc1Cl. The van der Waals surface area contributed by atoms with Gasteiger partial charge in [0.15, 0.2) is 0 Å². The van der Waals surface area contributed by atoms with E-state index in [4.69, 9.17) is 17.3 Å². The third-order valence-corrected chi connectivity index (χ3v) is 2.92. The van der Waals surface area contributed by atoms with Gasteiger partial charge in [-0.2, -0.15) is 0 Å². The first-order chi connectivity index (χ1) is 9.45. The molecule has 0 fully saturated rings. The average Bonchev–Trinajstić information content (AvgIpc) is 2.43. The van der Waals surface area contributed by atoms with Gasteiger partial charge in [0.05, 0.1) is 6.04 Å². The highest BCUT2D eigenvalue weighted by molar-refractivity contribution is 6.31. The Labute approximate surface area is 120 Å². The lowest BCUT2D eigenvalue weighted by atomic mass is 10.2. The van der Waals surface area contributed by atoms with Crippen LogP contribution in [-0.4, -0.2) is 18.0 Å². The van der Waals surface area contributed by atoms with Gasteiger partial charge in [0, 0.05) is 17.1 Å². The minimum absolute atomic E-state index is 0.104. The number of nitrogens with one attached hydrogen (secondary N) is 3. The van der Waals surface area contributed by atoms with Crippen molar-refractivity contribution >= 4 is 23.5 Å². The fourth-order valence-electron chi connectivity index (χ4n) is 1.31. The van der Waals surface area contributed by atoms with Crippen LogP contribution in [0.4, 0.5) is 9.18 Å². The maximum atomic E-state index is 13.4. The Kier molecular flexibility index (Phi) is 6.20. The van der Waals surface area contributed by atoms with Crippen molar-refractivity contribution in [2.45, 2.75) is 25.9 Å². The Morgan fingerprint density at radius 1 is 1.40 bits per heavy atom. The van der Waals surface area contributed by atoms with Crippen molar-refractivity contribution in [3.63, 3.8) is 0 Å². The molecule has 0 aliphatic rings. The molecule has 0 saturated heterocycles. The van der Waals surface area contributed by atoms with E-state index in [-0.39, 0.29) is 17.1 Å². The first-order valence-corrected chi connectivity index (χ1v) is 6.35. The van der Waals surface area contributed by atoms with Crippen LogP contribution in [-0.2, 0) is 11.3 Å². The molecular weight excluding hydrogens is 287 g/mol. The molecule has 110 valence electrons. The third kappa shape index (κ3) is 4.67. The van der Waals surface area contributed by atoms with Crippen LogP contribution in [0.25, 0.3) is 0 Å². The minimum Gasteiger partial charge on any atom is -0.332 e. The number of carbonyl (C=O) groups is 2. The zero-order valence-corrected chi connectivity index (χ0v) is 11.6. The standard InChI is InChI=1S/C12H16ClFN4O2/c1-2-10(15)11(19)17-18-12(20)16-6-7-8(13)4-3-5-9(7)14/h3-5,10H,2,6,15H2,1H3,(H,17,19)(H2,16,18,20). The largest absolute Gasteiger partial charge is 0.333 e. The molecule has 3 amide bonds. The van der Waals surface area contributed by atoms with E-state index >= 15 is 0 Å². The molecule has 0 spiro atoms. The number of nitrogens with two attached hydrogens (primary N) is 1. The Morgan fingerprint density at radius 3 is 2.70 bits per heavy atom. The lowest BCUT2D eigenvalue weighted by Gasteiger charge is -2.12. The van der Waals surface area contributed by atoms with Gasteiger partial charge in [-0.25, -0.2) is 14.6 Å². The smallest absolute Gasteiger partial charge is 0.332 e. The van der Waals surface area contributed by atoms with Crippen molar-refractivity contribution in [1.29, 1.82) is 0 Å². The number of hydrogen-bond acceptors (Lipinski definition) is 3. The van der Waals surface area contributed by atoms with Crippen molar-refractivity contribution in [3.05, 3.63) is 34.6 Å². The van der Waals surface area contributed by atoms with Crippen LogP contribution in [0.15, 0.2) is 18.2 Å². The van der Waals surface area contributed by atoms with E-state index in [9.17, 15) is 14.0 Å². The number of rotatable bonds is 4. The molecule has 1 aromatic carbocycles. The zero-order chi connectivity index (χ0) is 15.1. The first kappa shape index (κ1) is 16.2. The molecule has 0 aliphatic heterocycles. The minimum atomic E-state index is -0.698. The molecule has 1 rings (SSSR count). The fraction of sp³-hybridized carbons (Fsp3) is 0.333. The van der Waals surface area contributed by atoms with Crippen LogP contribution in [0.2, 0.25) is 5.02 Å². The summed E-state index contributed by atoms with van der Waals surface area (Å²) in [7, 11) is 0. The Bertz CT molecular complexity index is 478. The Hall–Kier alpha value is -1.86. The Morgan fingerprint density at radius 2 is 2.10 bits per heavy atom. The van der Waals surface area contributed by atoms with Crippen LogP contribution in [0.3, 0.4) is 0 Å². The lowest BCUT2D eigenvalue weighted by Crippen LogP contribution is -2.51. The number of halogens is 2. The number of hydrogen-bond donors (Lipinski definition) is 4. The quantitative estimate of drug-likeness (QED) is 0.626. The van der Waals surface area contributed by atoms with Crippen LogP contribution in [0, 0.1) is 5.82 Å². The van der Waals surface area contributed by atoms with Gasteiger partial charge >= 0.3 is 6.03 Å². The zero-order valence-electron chi connectivity index (χ0n) is 10.9. The van der Waals surface area contributed by atoms with E-state index in [0.717, 1.165) is 0 Å². The summed E-state index contributed by atoms with van der Waals surface area (Å²) in [6.07, 6.45) is 0.444. The fourth-order valence-corrected chi connectivity index (χ4v) is 1.54. The Balaban J connectivity index is 2.42. The number of benzene rings is 1. The summed E-state index contributed by atoms with van der Waals surface area (Å²) in [4.78, 5) is 22.7. The highest BCUT2D eigenvalue weighted by atomic mass is 35.5. The van der Waals surface area contributed by atoms with Crippen LogP contribution in [0.1, 0.15) is 18.9 Å². The molecular formula is C12H16ClFN4O2. The van der Waals surface area contributed by atoms with Gasteiger partial charge in [-0.15, -0.1) is 0 Å². The topological polar surface area (TPSA) is 96.2 Å². The van der Waals surface area contributed by atoms with Crippen molar-refractivity contribution < 1.29 is 14.0 Å². The molecule has 1 atom stereocenters. The van der Waals surface area contributed by atoms with Gasteiger partial charge in [-0.05, 0) is 18.6 Å². The monoisotopic (exact) mass is 302 g/mol. The number of hydrazine groups is 1. The van der Waals surface area contributed by atoms with Gasteiger partial charge in [-0.3, -0.25) is 10.2 Å². The van der Waals surface area contributed by atoms with E-state index in [1.807, 2.05) is 0 Å². The van der Waals surface area contributed by atoms with E-state index in [1.165, 1.54) is 18.2 Å². The highest BCUT2D eigenvalue weighted by Gasteiger charge is 2.12. The number of amides is 3. The van der Waals surface area contributed by atoms with Crippen LogP contribution < -0.4 is 21.9 Å². The lowest BCUT2D eigenvalue weighted by molar-refractivity contribution is -0.123. The highest BCUT2D eigenvalue weighted by Crippen LogP contribution is 2.18. The summed E-state index contributed by atoms with van der Waals surface area (Å²) < 4.78 is 13.4. The van der Waals surface area contributed by atoms with Crippen molar-refractivity contribution in [1.82, 2.24) is 16.2 Å². The second kappa shape index (κ2) is 7.66. The summed E-state index contributed by atoms with van der Waals surface area (Å²) in [5.41, 5.74) is 9.88. The molecule has 0 saturated carbocycles. The van der Waals surface area contributed by atoms with E-state index < -0.39 is 23.8 Å². The number of urea groups is 1. The van der Waals surface area contributed by atoms with E-state index in [1.54, 1.807) is 6.92 Å². The normalized spacial score (nSPS) is 11.6. The van der Waals surface area contributed by atoms with Gasteiger partial charge in [0.2, 0.25) is 0 Å². The summed E-state index contributed by atoms with van der Waals surface area (Å²) in [5, 5.41) is 2.57. The molecule has 1 unspecified atom stereocenters. The second-order valence-electron chi connectivity index (χ2n) is 4.01. The predicted molar refractivity (Wildman–Crippen MR) is 73.2 cm³/mol. The maximum Gasteiger partial charge on any atom is 0.333 e. The third-order valence-electron chi connectivity index (χ3n) is 2.56. The molecule has 8 heteroatoms. The molecule has 0 bridgehead atoms. The van der Waals surface area contributed by atoms with Gasteiger partial charge in [0.1, 0.15) is 5.82 Å². The number of carbonyl (C=O) groups excluding carboxylic acids is 2. The molecule has 20 heavy (non-hydrogen) atoms. The van der Waals surface area contributed by atoms with Gasteiger partial charge in [-0.1, -0.05) is 24.6 Å². The van der Waals surface area contributed by atoms with Gasteiger partial charge in [0.25, 0.3) is 5.91 Å². The molecule has 0 aromatic heterocycles. The van der Waals surface area contributed by atoms with Crippen molar-refractivity contribution in [3.8, 4) is 0 Å². The predicted octanol–water partition coefficient (Wildman–Crippen LogP) is 1.05. The molecule has 0 heterocycles. The van der Waals surface area contributed by atoms with Crippen LogP contribution >= 0.6 is 11.6 Å². The second-order valence-corrected chi connectivity index (χ2v) is 4.42. The van der Waals surface area contributed by atoms with E-state index in [0.29, 0.717) is 6.42 Å². The molecule has 0 aliphatic carbocycles. The molecule has 1 aromatic rings. The van der Waals surface area contributed by atoms with E-state index in [2.05, 4.69) is 16.2 Å². The summed E-state index contributed by atoms with van der Waals surface area (Å²) in [5.74, 6) is -1.03. The summed E-state index contributed by atoms with van der Waals surface area (Å²) in [6.45, 7) is 1.64. The van der Waals surface area contributed by atoms with Crippen molar-refractivity contribution in [2.24, 2.45) is 5.73 Å². The molecule has 5 N–H and O–H groups in total. The summed E-state index contributed by atoms with van der Waals surface area (Å²) >= 11 is 5.80. The van der Waals surface area contributed by atoms with Crippen LogP contribution in [0.5, 0.6) is 0 Å².